The Morgan fingerprint density at radius 2 is 2.25 bits per heavy atom. The summed E-state index contributed by atoms with van der Waals surface area (Å²) < 4.78 is 7.31. The topological polar surface area (TPSA) is 59.4 Å². The number of nitrogens with zero attached hydrogens (tertiary/aromatic N) is 3. The number of ether oxygens (including phenoxy) is 1. The zero-order chi connectivity index (χ0) is 13.9. The van der Waals surface area contributed by atoms with Gasteiger partial charge in [-0.3, -0.25) is 9.48 Å². The summed E-state index contributed by atoms with van der Waals surface area (Å²) in [6.45, 7) is 3.62. The van der Waals surface area contributed by atoms with Crippen LogP contribution in [0.4, 0.5) is 0 Å². The zero-order valence-electron chi connectivity index (χ0n) is 11.9. The molecule has 0 unspecified atom stereocenters. The van der Waals surface area contributed by atoms with Crippen molar-refractivity contribution in [1.29, 1.82) is 0 Å². The highest BCUT2D eigenvalue weighted by Gasteiger charge is 2.30. The van der Waals surface area contributed by atoms with Crippen LogP contribution in [0.1, 0.15) is 24.5 Å². The molecule has 1 aromatic rings. The fourth-order valence-electron chi connectivity index (χ4n) is 3.12. The second-order valence-electron chi connectivity index (χ2n) is 5.56. The second kappa shape index (κ2) is 5.93. The molecule has 0 spiro atoms. The zero-order valence-corrected chi connectivity index (χ0v) is 11.9. The van der Waals surface area contributed by atoms with E-state index in [1.165, 1.54) is 5.69 Å². The van der Waals surface area contributed by atoms with Gasteiger partial charge in [-0.25, -0.2) is 0 Å². The Morgan fingerprint density at radius 3 is 2.85 bits per heavy atom. The molecule has 2 aliphatic heterocycles. The number of morpholine rings is 1. The Kier molecular flexibility index (Phi) is 4.03. The van der Waals surface area contributed by atoms with E-state index in [4.69, 9.17) is 4.74 Å². The van der Waals surface area contributed by atoms with E-state index < -0.39 is 0 Å². The Bertz CT molecular complexity index is 459. The molecule has 2 saturated heterocycles. The second-order valence-corrected chi connectivity index (χ2v) is 5.56. The summed E-state index contributed by atoms with van der Waals surface area (Å²) in [5.74, 6) is 0.704. The molecule has 1 amide bonds. The molecule has 110 valence electrons. The number of amides is 1. The van der Waals surface area contributed by atoms with Gasteiger partial charge in [-0.1, -0.05) is 0 Å². The number of likely N-dealkylation sites (tertiary alicyclic amines) is 1. The molecule has 6 heteroatoms. The first-order valence-electron chi connectivity index (χ1n) is 7.33. The third-order valence-electron chi connectivity index (χ3n) is 4.30. The number of carbonyl (C=O) groups excluding carboxylic acids is 1. The Labute approximate surface area is 119 Å². The molecule has 3 heterocycles. The van der Waals surface area contributed by atoms with Crippen molar-refractivity contribution in [2.75, 3.05) is 32.8 Å². The molecule has 0 radical (unpaired) electrons. The van der Waals surface area contributed by atoms with E-state index in [1.54, 1.807) is 0 Å². The molecule has 0 aliphatic carbocycles. The Hall–Kier alpha value is -1.40. The lowest BCUT2D eigenvalue weighted by atomic mass is 9.93. The molecule has 6 nitrogen and oxygen atoms in total. The minimum Gasteiger partial charge on any atom is -0.378 e. The fourth-order valence-corrected chi connectivity index (χ4v) is 3.12. The molecule has 0 bridgehead atoms. The first kappa shape index (κ1) is 13.6. The lowest BCUT2D eigenvalue weighted by molar-refractivity contribution is -0.137. The van der Waals surface area contributed by atoms with Crippen molar-refractivity contribution in [2.45, 2.75) is 24.8 Å². The summed E-state index contributed by atoms with van der Waals surface area (Å²) in [6, 6.07) is 1.93. The SMILES string of the molecule is Cn1nccc1C1CCN(C(=O)[C@@H]2COCCN2)CC1. The lowest BCUT2D eigenvalue weighted by Gasteiger charge is -2.35. The van der Waals surface area contributed by atoms with Gasteiger partial charge in [-0.2, -0.15) is 5.10 Å². The van der Waals surface area contributed by atoms with Crippen LogP contribution in [-0.4, -0.2) is 59.5 Å². The van der Waals surface area contributed by atoms with Gasteiger partial charge in [-0.15, -0.1) is 0 Å². The molecule has 1 aromatic heterocycles. The van der Waals surface area contributed by atoms with E-state index >= 15 is 0 Å². The first-order chi connectivity index (χ1) is 9.75. The van der Waals surface area contributed by atoms with Gasteiger partial charge in [0, 0.05) is 44.5 Å². The summed E-state index contributed by atoms with van der Waals surface area (Å²) in [7, 11) is 1.98. The van der Waals surface area contributed by atoms with E-state index in [0.29, 0.717) is 19.1 Å². The van der Waals surface area contributed by atoms with Gasteiger partial charge in [0.05, 0.1) is 13.2 Å². The van der Waals surface area contributed by atoms with Crippen LogP contribution in [0.25, 0.3) is 0 Å². The van der Waals surface area contributed by atoms with Gasteiger partial charge in [0.1, 0.15) is 6.04 Å². The summed E-state index contributed by atoms with van der Waals surface area (Å²) >= 11 is 0. The molecule has 1 N–H and O–H groups in total. The normalized spacial score (nSPS) is 24.9. The predicted octanol–water partition coefficient (Wildman–Crippen LogP) is 0.115. The Morgan fingerprint density at radius 1 is 1.45 bits per heavy atom. The Balaban J connectivity index is 1.55. The molecule has 1 atom stereocenters. The van der Waals surface area contributed by atoms with Gasteiger partial charge < -0.3 is 15.0 Å². The molecule has 0 aromatic carbocycles. The number of hydrogen-bond acceptors (Lipinski definition) is 4. The van der Waals surface area contributed by atoms with Crippen molar-refractivity contribution < 1.29 is 9.53 Å². The highest BCUT2D eigenvalue weighted by atomic mass is 16.5. The monoisotopic (exact) mass is 278 g/mol. The maximum absolute atomic E-state index is 12.4. The summed E-state index contributed by atoms with van der Waals surface area (Å²) in [4.78, 5) is 14.4. The highest BCUT2D eigenvalue weighted by molar-refractivity contribution is 5.82. The molecule has 2 aliphatic rings. The van der Waals surface area contributed by atoms with Crippen LogP contribution in [0.3, 0.4) is 0 Å². The van der Waals surface area contributed by atoms with Gasteiger partial charge in [0.25, 0.3) is 0 Å². The average Bonchev–Trinajstić information content (AvgIpc) is 2.94. The van der Waals surface area contributed by atoms with Gasteiger partial charge in [0.15, 0.2) is 0 Å². The predicted molar refractivity (Wildman–Crippen MR) is 74.4 cm³/mol. The van der Waals surface area contributed by atoms with Crippen LogP contribution < -0.4 is 5.32 Å². The van der Waals surface area contributed by atoms with Crippen molar-refractivity contribution in [2.24, 2.45) is 7.05 Å². The van der Waals surface area contributed by atoms with Gasteiger partial charge >= 0.3 is 0 Å². The largest absolute Gasteiger partial charge is 0.378 e. The van der Waals surface area contributed by atoms with Crippen molar-refractivity contribution in [3.63, 3.8) is 0 Å². The van der Waals surface area contributed by atoms with Crippen molar-refractivity contribution in [1.82, 2.24) is 20.0 Å². The number of carbonyl (C=O) groups is 1. The lowest BCUT2D eigenvalue weighted by Crippen LogP contribution is -2.54. The minimum absolute atomic E-state index is 0.156. The molecular weight excluding hydrogens is 256 g/mol. The third kappa shape index (κ3) is 2.71. The minimum atomic E-state index is -0.156. The van der Waals surface area contributed by atoms with E-state index in [-0.39, 0.29) is 11.9 Å². The molecular formula is C14H22N4O2. The first-order valence-corrected chi connectivity index (χ1v) is 7.33. The van der Waals surface area contributed by atoms with Crippen molar-refractivity contribution in [3.05, 3.63) is 18.0 Å². The number of hydrogen-bond donors (Lipinski definition) is 1. The number of aromatic nitrogens is 2. The molecule has 20 heavy (non-hydrogen) atoms. The standard InChI is InChI=1S/C14H22N4O2/c1-17-13(2-5-16-17)11-3-7-18(8-4-11)14(19)12-10-20-9-6-15-12/h2,5,11-12,15H,3-4,6-10H2,1H3/t12-/m0/s1. The number of aryl methyl sites for hydroxylation is 1. The molecule has 2 fully saturated rings. The van der Waals surface area contributed by atoms with E-state index in [1.807, 2.05) is 22.8 Å². The van der Waals surface area contributed by atoms with Crippen LogP contribution in [0.5, 0.6) is 0 Å². The van der Waals surface area contributed by atoms with Crippen molar-refractivity contribution >= 4 is 5.91 Å². The van der Waals surface area contributed by atoms with Crippen LogP contribution in [0.2, 0.25) is 0 Å². The molecule has 0 saturated carbocycles. The van der Waals surface area contributed by atoms with E-state index in [9.17, 15) is 4.79 Å². The van der Waals surface area contributed by atoms with E-state index in [2.05, 4.69) is 16.5 Å². The highest BCUT2D eigenvalue weighted by Crippen LogP contribution is 2.27. The van der Waals surface area contributed by atoms with E-state index in [0.717, 1.165) is 32.5 Å². The maximum atomic E-state index is 12.4. The molecule has 3 rings (SSSR count). The number of rotatable bonds is 2. The van der Waals surface area contributed by atoms with Gasteiger partial charge in [0.2, 0.25) is 5.91 Å². The van der Waals surface area contributed by atoms with Crippen LogP contribution >= 0.6 is 0 Å². The fraction of sp³-hybridized carbons (Fsp3) is 0.714. The third-order valence-corrected chi connectivity index (χ3v) is 4.30. The summed E-state index contributed by atoms with van der Waals surface area (Å²) in [6.07, 6.45) is 3.87. The maximum Gasteiger partial charge on any atom is 0.242 e. The summed E-state index contributed by atoms with van der Waals surface area (Å²) in [5.41, 5.74) is 1.27. The number of piperidine rings is 1. The van der Waals surface area contributed by atoms with Crippen LogP contribution in [0.15, 0.2) is 12.3 Å². The smallest absolute Gasteiger partial charge is 0.242 e. The van der Waals surface area contributed by atoms with Crippen molar-refractivity contribution in [3.8, 4) is 0 Å². The summed E-state index contributed by atoms with van der Waals surface area (Å²) in [5, 5.41) is 7.46. The quantitative estimate of drug-likeness (QED) is 0.834. The number of nitrogens with one attached hydrogen (secondary N) is 1. The van der Waals surface area contributed by atoms with Gasteiger partial charge in [-0.05, 0) is 18.9 Å². The van der Waals surface area contributed by atoms with Crippen LogP contribution in [0, 0.1) is 0 Å². The average molecular weight is 278 g/mol. The van der Waals surface area contributed by atoms with Crippen LogP contribution in [-0.2, 0) is 16.6 Å².